The molecule has 0 radical (unpaired) electrons. The van der Waals surface area contributed by atoms with Gasteiger partial charge in [-0.2, -0.15) is 0 Å². The first kappa shape index (κ1) is 9.98. The minimum absolute atomic E-state index is 0.0800. The molecule has 2 unspecified atom stereocenters. The molecule has 0 aromatic rings. The maximum Gasteiger partial charge on any atom is 0.249 e. The fourth-order valence-electron chi connectivity index (χ4n) is 1.68. The predicted octanol–water partition coefficient (Wildman–Crippen LogP) is 0.314. The number of hydrogen-bond acceptors (Lipinski definition) is 4. The van der Waals surface area contributed by atoms with Crippen LogP contribution in [0.4, 0.5) is 0 Å². The molecule has 0 saturated carbocycles. The Morgan fingerprint density at radius 3 is 2.93 bits per heavy atom. The molecule has 2 aliphatic heterocycles. The Hall–Kier alpha value is -0.550. The zero-order chi connectivity index (χ0) is 9.97. The standard InChI is InChI=1S/C9H13NO3S/c11-8(7-2-1-4-13-7)10-6-3-5-14-9(6)12/h6-7H,1-5H2,(H,10,11). The number of thioether (sulfide) groups is 1. The lowest BCUT2D eigenvalue weighted by Crippen LogP contribution is -2.42. The van der Waals surface area contributed by atoms with E-state index in [1.807, 2.05) is 0 Å². The molecule has 2 atom stereocenters. The molecule has 2 saturated heterocycles. The van der Waals surface area contributed by atoms with E-state index in [1.54, 1.807) is 0 Å². The van der Waals surface area contributed by atoms with E-state index in [1.165, 1.54) is 11.8 Å². The first-order valence-electron chi connectivity index (χ1n) is 4.86. The van der Waals surface area contributed by atoms with Gasteiger partial charge in [0.25, 0.3) is 0 Å². The van der Waals surface area contributed by atoms with E-state index in [2.05, 4.69) is 5.32 Å². The van der Waals surface area contributed by atoms with Crippen molar-refractivity contribution in [3.63, 3.8) is 0 Å². The molecule has 1 amide bonds. The third-order valence-electron chi connectivity index (χ3n) is 2.47. The number of carbonyl (C=O) groups excluding carboxylic acids is 2. The lowest BCUT2D eigenvalue weighted by molar-refractivity contribution is -0.132. The highest BCUT2D eigenvalue weighted by molar-refractivity contribution is 8.14. The normalized spacial score (nSPS) is 32.1. The Morgan fingerprint density at radius 2 is 2.36 bits per heavy atom. The molecular weight excluding hydrogens is 202 g/mol. The summed E-state index contributed by atoms with van der Waals surface area (Å²) in [5.41, 5.74) is 0. The molecule has 0 spiro atoms. The van der Waals surface area contributed by atoms with Gasteiger partial charge in [-0.25, -0.2) is 0 Å². The third kappa shape index (κ3) is 2.09. The van der Waals surface area contributed by atoms with Gasteiger partial charge in [-0.1, -0.05) is 11.8 Å². The van der Waals surface area contributed by atoms with Crippen LogP contribution in [0.1, 0.15) is 19.3 Å². The van der Waals surface area contributed by atoms with Crippen molar-refractivity contribution >= 4 is 22.8 Å². The molecule has 2 fully saturated rings. The van der Waals surface area contributed by atoms with Crippen molar-refractivity contribution in [2.75, 3.05) is 12.4 Å². The highest BCUT2D eigenvalue weighted by atomic mass is 32.2. The minimum atomic E-state index is -0.326. The first-order valence-corrected chi connectivity index (χ1v) is 5.84. The van der Waals surface area contributed by atoms with Gasteiger partial charge in [0.1, 0.15) is 6.10 Å². The average molecular weight is 215 g/mol. The highest BCUT2D eigenvalue weighted by Crippen LogP contribution is 2.20. The van der Waals surface area contributed by atoms with Crippen LogP contribution >= 0.6 is 11.8 Å². The summed E-state index contributed by atoms with van der Waals surface area (Å²) in [6.45, 7) is 0.658. The molecule has 2 heterocycles. The van der Waals surface area contributed by atoms with Crippen LogP contribution in [0.3, 0.4) is 0 Å². The molecule has 5 heteroatoms. The molecule has 0 bridgehead atoms. The molecule has 0 aromatic heterocycles. The summed E-state index contributed by atoms with van der Waals surface area (Å²) >= 11 is 1.30. The van der Waals surface area contributed by atoms with E-state index in [0.717, 1.165) is 25.0 Å². The molecular formula is C9H13NO3S. The van der Waals surface area contributed by atoms with Gasteiger partial charge in [0.05, 0.1) is 6.04 Å². The zero-order valence-electron chi connectivity index (χ0n) is 7.82. The van der Waals surface area contributed by atoms with E-state index in [4.69, 9.17) is 4.74 Å². The van der Waals surface area contributed by atoms with Crippen molar-refractivity contribution in [3.05, 3.63) is 0 Å². The van der Waals surface area contributed by atoms with Gasteiger partial charge in [-0.05, 0) is 19.3 Å². The Labute approximate surface area is 86.8 Å². The molecule has 2 rings (SSSR count). The number of rotatable bonds is 2. The van der Waals surface area contributed by atoms with Crippen LogP contribution in [-0.2, 0) is 14.3 Å². The van der Waals surface area contributed by atoms with Crippen molar-refractivity contribution in [3.8, 4) is 0 Å². The zero-order valence-corrected chi connectivity index (χ0v) is 8.64. The van der Waals surface area contributed by atoms with Gasteiger partial charge in [-0.3, -0.25) is 9.59 Å². The molecule has 14 heavy (non-hydrogen) atoms. The van der Waals surface area contributed by atoms with Gasteiger partial charge in [0, 0.05) is 12.4 Å². The summed E-state index contributed by atoms with van der Waals surface area (Å²) in [6, 6.07) is -0.281. The van der Waals surface area contributed by atoms with E-state index < -0.39 is 0 Å². The third-order valence-corrected chi connectivity index (χ3v) is 3.48. The van der Waals surface area contributed by atoms with Crippen LogP contribution in [-0.4, -0.2) is 35.5 Å². The quantitative estimate of drug-likeness (QED) is 0.720. The number of carbonyl (C=O) groups is 2. The minimum Gasteiger partial charge on any atom is -0.368 e. The average Bonchev–Trinajstić information content (AvgIpc) is 2.77. The number of nitrogens with one attached hydrogen (secondary N) is 1. The summed E-state index contributed by atoms with van der Waals surface area (Å²) in [4.78, 5) is 22.8. The Morgan fingerprint density at radius 1 is 1.50 bits per heavy atom. The van der Waals surface area contributed by atoms with E-state index >= 15 is 0 Å². The predicted molar refractivity (Wildman–Crippen MR) is 53.0 cm³/mol. The van der Waals surface area contributed by atoms with Gasteiger partial charge in [0.15, 0.2) is 0 Å². The van der Waals surface area contributed by atoms with Crippen LogP contribution < -0.4 is 5.32 Å². The van der Waals surface area contributed by atoms with E-state index in [-0.39, 0.29) is 23.2 Å². The highest BCUT2D eigenvalue weighted by Gasteiger charge is 2.30. The summed E-state index contributed by atoms with van der Waals surface area (Å²) in [5, 5.41) is 2.82. The topological polar surface area (TPSA) is 55.4 Å². The molecule has 0 aromatic carbocycles. The maximum atomic E-state index is 11.5. The van der Waals surface area contributed by atoms with Crippen molar-refractivity contribution in [2.45, 2.75) is 31.4 Å². The molecule has 4 nitrogen and oxygen atoms in total. The number of ether oxygens (including phenoxy) is 1. The largest absolute Gasteiger partial charge is 0.368 e. The Bertz CT molecular complexity index is 250. The maximum absolute atomic E-state index is 11.5. The van der Waals surface area contributed by atoms with Gasteiger partial charge in [0.2, 0.25) is 11.0 Å². The van der Waals surface area contributed by atoms with Gasteiger partial charge < -0.3 is 10.1 Å². The second kappa shape index (κ2) is 4.31. The lowest BCUT2D eigenvalue weighted by Gasteiger charge is -2.13. The molecule has 0 aliphatic carbocycles. The van der Waals surface area contributed by atoms with Gasteiger partial charge in [-0.15, -0.1) is 0 Å². The van der Waals surface area contributed by atoms with Crippen LogP contribution in [0.15, 0.2) is 0 Å². The fraction of sp³-hybridized carbons (Fsp3) is 0.778. The van der Waals surface area contributed by atoms with Crippen molar-refractivity contribution in [2.24, 2.45) is 0 Å². The van der Waals surface area contributed by atoms with Crippen molar-refractivity contribution in [1.29, 1.82) is 0 Å². The van der Waals surface area contributed by atoms with Crippen LogP contribution in [0.2, 0.25) is 0 Å². The first-order chi connectivity index (χ1) is 6.77. The Balaban J connectivity index is 1.84. The summed E-state index contributed by atoms with van der Waals surface area (Å²) in [7, 11) is 0. The van der Waals surface area contributed by atoms with Crippen LogP contribution in [0, 0.1) is 0 Å². The number of amides is 1. The summed E-state index contributed by atoms with van der Waals surface area (Å²) in [6.07, 6.45) is 2.14. The summed E-state index contributed by atoms with van der Waals surface area (Å²) in [5.74, 6) is 0.693. The van der Waals surface area contributed by atoms with E-state index in [0.29, 0.717) is 6.61 Å². The van der Waals surface area contributed by atoms with Crippen LogP contribution in [0.5, 0.6) is 0 Å². The van der Waals surface area contributed by atoms with Crippen molar-refractivity contribution in [1.82, 2.24) is 5.32 Å². The SMILES string of the molecule is O=C1SCCC1NC(=O)C1CCCO1. The summed E-state index contributed by atoms with van der Waals surface area (Å²) < 4.78 is 5.23. The molecule has 78 valence electrons. The Kier molecular flexibility index (Phi) is 3.08. The second-order valence-electron chi connectivity index (χ2n) is 3.52. The smallest absolute Gasteiger partial charge is 0.249 e. The lowest BCUT2D eigenvalue weighted by atomic mass is 10.2. The second-order valence-corrected chi connectivity index (χ2v) is 4.62. The van der Waals surface area contributed by atoms with Crippen LogP contribution in [0.25, 0.3) is 0 Å². The number of hydrogen-bond donors (Lipinski definition) is 1. The van der Waals surface area contributed by atoms with Gasteiger partial charge >= 0.3 is 0 Å². The monoisotopic (exact) mass is 215 g/mol. The molecule has 1 N–H and O–H groups in total. The fourth-order valence-corrected chi connectivity index (χ4v) is 2.61. The van der Waals surface area contributed by atoms with E-state index in [9.17, 15) is 9.59 Å². The van der Waals surface area contributed by atoms with Crippen molar-refractivity contribution < 1.29 is 14.3 Å². The molecule has 2 aliphatic rings.